The van der Waals surface area contributed by atoms with Gasteiger partial charge in [0.25, 0.3) is 0 Å². The van der Waals surface area contributed by atoms with E-state index in [0.29, 0.717) is 0 Å². The normalized spacial score (nSPS) is 10.6. The van der Waals surface area contributed by atoms with Gasteiger partial charge < -0.3 is 9.64 Å². The molecule has 0 unspecified atom stereocenters. The minimum absolute atomic E-state index is 0.886. The Hall–Kier alpha value is -1.29. The summed E-state index contributed by atoms with van der Waals surface area (Å²) in [5.41, 5.74) is 1.04. The molecule has 0 radical (unpaired) electrons. The van der Waals surface area contributed by atoms with Crippen molar-refractivity contribution in [3.63, 3.8) is 0 Å². The summed E-state index contributed by atoms with van der Waals surface area (Å²) in [6.07, 6.45) is 0. The van der Waals surface area contributed by atoms with E-state index in [9.17, 15) is 0 Å². The smallest absolute Gasteiger partial charge is 0.186 e. The lowest BCUT2D eigenvalue weighted by molar-refractivity contribution is 0.415. The van der Waals surface area contributed by atoms with E-state index in [0.717, 1.165) is 22.9 Å². The van der Waals surface area contributed by atoms with Gasteiger partial charge in [0, 0.05) is 13.6 Å². The van der Waals surface area contributed by atoms with E-state index in [1.165, 1.54) is 4.70 Å². The highest BCUT2D eigenvalue weighted by atomic mass is 32.1. The Morgan fingerprint density at radius 2 is 2.27 bits per heavy atom. The average Bonchev–Trinajstić information content (AvgIpc) is 2.70. The summed E-state index contributed by atoms with van der Waals surface area (Å²) in [4.78, 5) is 6.68. The van der Waals surface area contributed by atoms with Gasteiger partial charge in [0.05, 0.1) is 17.3 Å². The molecule has 2 aromatic rings. The predicted molar refractivity (Wildman–Crippen MR) is 65.1 cm³/mol. The summed E-state index contributed by atoms with van der Waals surface area (Å²) < 4.78 is 6.35. The highest BCUT2D eigenvalue weighted by molar-refractivity contribution is 7.22. The number of methoxy groups -OCH3 is 1. The first-order valence-electron chi connectivity index (χ1n) is 4.90. The standard InChI is InChI=1S/C11H14N2OS/c1-4-13(2)11-12-9-6-5-8(14-3)7-10(9)15-11/h5-7H,4H2,1-3H3. The first kappa shape index (κ1) is 10.2. The van der Waals surface area contributed by atoms with E-state index < -0.39 is 0 Å². The van der Waals surface area contributed by atoms with E-state index in [-0.39, 0.29) is 0 Å². The van der Waals surface area contributed by atoms with Gasteiger partial charge >= 0.3 is 0 Å². The number of ether oxygens (including phenoxy) is 1. The van der Waals surface area contributed by atoms with Crippen molar-refractivity contribution in [2.45, 2.75) is 6.92 Å². The number of thiazole rings is 1. The van der Waals surface area contributed by atoms with Crippen molar-refractivity contribution in [1.82, 2.24) is 4.98 Å². The number of nitrogens with zero attached hydrogens (tertiary/aromatic N) is 2. The molecule has 4 heteroatoms. The molecule has 0 amide bonds. The van der Waals surface area contributed by atoms with E-state index in [2.05, 4.69) is 23.9 Å². The van der Waals surface area contributed by atoms with Crippen LogP contribution >= 0.6 is 11.3 Å². The summed E-state index contributed by atoms with van der Waals surface area (Å²) >= 11 is 1.69. The molecule has 0 atom stereocenters. The quantitative estimate of drug-likeness (QED) is 0.798. The number of anilines is 1. The van der Waals surface area contributed by atoms with E-state index >= 15 is 0 Å². The molecule has 0 fully saturated rings. The monoisotopic (exact) mass is 222 g/mol. The van der Waals surface area contributed by atoms with Crippen LogP contribution in [0.2, 0.25) is 0 Å². The molecule has 3 nitrogen and oxygen atoms in total. The zero-order valence-corrected chi connectivity index (χ0v) is 9.97. The van der Waals surface area contributed by atoms with Gasteiger partial charge in [-0.05, 0) is 25.1 Å². The van der Waals surface area contributed by atoms with Crippen LogP contribution in [0.25, 0.3) is 10.2 Å². The Labute approximate surface area is 93.3 Å². The maximum absolute atomic E-state index is 5.18. The zero-order valence-electron chi connectivity index (χ0n) is 9.15. The summed E-state index contributed by atoms with van der Waals surface area (Å²) in [7, 11) is 3.73. The van der Waals surface area contributed by atoms with Crippen molar-refractivity contribution >= 4 is 26.7 Å². The molecule has 0 saturated carbocycles. The molecule has 15 heavy (non-hydrogen) atoms. The lowest BCUT2D eigenvalue weighted by atomic mass is 10.3. The Morgan fingerprint density at radius 3 is 2.93 bits per heavy atom. The molecule has 0 spiro atoms. The third kappa shape index (κ3) is 1.90. The SMILES string of the molecule is CCN(C)c1nc2ccc(OC)cc2s1. The van der Waals surface area contributed by atoms with Crippen LogP contribution in [-0.2, 0) is 0 Å². The summed E-state index contributed by atoms with van der Waals surface area (Å²) in [6.45, 7) is 3.09. The molecule has 0 saturated heterocycles. The van der Waals surface area contributed by atoms with Crippen LogP contribution in [-0.4, -0.2) is 25.7 Å². The number of fused-ring (bicyclic) bond motifs is 1. The number of hydrogen-bond donors (Lipinski definition) is 0. The largest absolute Gasteiger partial charge is 0.497 e. The fourth-order valence-corrected chi connectivity index (χ4v) is 2.34. The van der Waals surface area contributed by atoms with Crippen LogP contribution in [0.5, 0.6) is 5.75 Å². The van der Waals surface area contributed by atoms with Crippen molar-refractivity contribution in [1.29, 1.82) is 0 Å². The van der Waals surface area contributed by atoms with Crippen LogP contribution in [0.3, 0.4) is 0 Å². The van der Waals surface area contributed by atoms with E-state index in [1.807, 2.05) is 18.2 Å². The molecule has 1 heterocycles. The Balaban J connectivity index is 2.46. The molecule has 1 aromatic carbocycles. The topological polar surface area (TPSA) is 25.4 Å². The summed E-state index contributed by atoms with van der Waals surface area (Å²) in [5, 5.41) is 1.06. The third-order valence-electron chi connectivity index (χ3n) is 2.39. The van der Waals surface area contributed by atoms with Crippen molar-refractivity contribution in [2.75, 3.05) is 25.6 Å². The van der Waals surface area contributed by atoms with Gasteiger partial charge in [-0.15, -0.1) is 0 Å². The van der Waals surface area contributed by atoms with Crippen molar-refractivity contribution < 1.29 is 4.74 Å². The third-order valence-corrected chi connectivity index (χ3v) is 3.52. The maximum atomic E-state index is 5.18. The van der Waals surface area contributed by atoms with Crippen molar-refractivity contribution in [2.24, 2.45) is 0 Å². The fraction of sp³-hybridized carbons (Fsp3) is 0.364. The fourth-order valence-electron chi connectivity index (χ4n) is 1.32. The highest BCUT2D eigenvalue weighted by Gasteiger charge is 2.07. The second kappa shape index (κ2) is 4.06. The highest BCUT2D eigenvalue weighted by Crippen LogP contribution is 2.30. The van der Waals surface area contributed by atoms with Gasteiger partial charge in [-0.25, -0.2) is 4.98 Å². The molecule has 0 aliphatic rings. The first-order chi connectivity index (χ1) is 7.24. The zero-order chi connectivity index (χ0) is 10.8. The molecule has 80 valence electrons. The average molecular weight is 222 g/mol. The Bertz CT molecular complexity index is 467. The molecule has 0 N–H and O–H groups in total. The number of hydrogen-bond acceptors (Lipinski definition) is 4. The van der Waals surface area contributed by atoms with Crippen LogP contribution in [0.15, 0.2) is 18.2 Å². The lowest BCUT2D eigenvalue weighted by Crippen LogP contribution is -2.14. The van der Waals surface area contributed by atoms with Gasteiger partial charge in [0.1, 0.15) is 5.75 Å². The van der Waals surface area contributed by atoms with Crippen molar-refractivity contribution in [3.8, 4) is 5.75 Å². The van der Waals surface area contributed by atoms with Crippen molar-refractivity contribution in [3.05, 3.63) is 18.2 Å². The van der Waals surface area contributed by atoms with Gasteiger partial charge in [-0.3, -0.25) is 0 Å². The predicted octanol–water partition coefficient (Wildman–Crippen LogP) is 2.76. The second-order valence-corrected chi connectivity index (χ2v) is 4.35. The number of rotatable bonds is 3. The molecular formula is C11H14N2OS. The molecular weight excluding hydrogens is 208 g/mol. The van der Waals surface area contributed by atoms with E-state index in [4.69, 9.17) is 4.74 Å². The van der Waals surface area contributed by atoms with Crippen LogP contribution in [0.1, 0.15) is 6.92 Å². The second-order valence-electron chi connectivity index (χ2n) is 3.34. The lowest BCUT2D eigenvalue weighted by Gasteiger charge is -2.10. The van der Waals surface area contributed by atoms with Gasteiger partial charge in [0.2, 0.25) is 0 Å². The summed E-state index contributed by atoms with van der Waals surface area (Å²) in [5.74, 6) is 0.886. The summed E-state index contributed by atoms with van der Waals surface area (Å²) in [6, 6.07) is 5.97. The Kier molecular flexibility index (Phi) is 2.77. The van der Waals surface area contributed by atoms with Gasteiger partial charge in [-0.2, -0.15) is 0 Å². The molecule has 1 aromatic heterocycles. The van der Waals surface area contributed by atoms with Crippen LogP contribution in [0.4, 0.5) is 5.13 Å². The number of aromatic nitrogens is 1. The number of benzene rings is 1. The first-order valence-corrected chi connectivity index (χ1v) is 5.72. The maximum Gasteiger partial charge on any atom is 0.186 e. The molecule has 2 rings (SSSR count). The van der Waals surface area contributed by atoms with Crippen LogP contribution in [0, 0.1) is 0 Å². The Morgan fingerprint density at radius 1 is 1.47 bits per heavy atom. The molecule has 0 aliphatic heterocycles. The minimum atomic E-state index is 0.886. The van der Waals surface area contributed by atoms with E-state index in [1.54, 1.807) is 18.4 Å². The van der Waals surface area contributed by atoms with Gasteiger partial charge in [0.15, 0.2) is 5.13 Å². The molecule has 0 bridgehead atoms. The molecule has 0 aliphatic carbocycles. The van der Waals surface area contributed by atoms with Crippen LogP contribution < -0.4 is 9.64 Å². The van der Waals surface area contributed by atoms with Gasteiger partial charge in [-0.1, -0.05) is 11.3 Å². The minimum Gasteiger partial charge on any atom is -0.497 e.